The van der Waals surface area contributed by atoms with E-state index >= 15 is 0 Å². The van der Waals surface area contributed by atoms with Gasteiger partial charge in [-0.1, -0.05) is 23.7 Å². The zero-order valence-corrected chi connectivity index (χ0v) is 16.8. The number of hydrogen-bond acceptors (Lipinski definition) is 5. The molecule has 5 nitrogen and oxygen atoms in total. The molecule has 8 heteroatoms. The van der Waals surface area contributed by atoms with E-state index in [1.807, 2.05) is 6.92 Å². The summed E-state index contributed by atoms with van der Waals surface area (Å²) in [5.41, 5.74) is 1.27. The highest BCUT2D eigenvalue weighted by atomic mass is 35.5. The maximum Gasteiger partial charge on any atom is 0.293 e. The van der Waals surface area contributed by atoms with Gasteiger partial charge in [0, 0.05) is 0 Å². The second-order valence-electron chi connectivity index (χ2n) is 5.86. The molecule has 0 saturated carbocycles. The maximum absolute atomic E-state index is 13.0. The lowest BCUT2D eigenvalue weighted by Crippen LogP contribution is -2.27. The average molecular weight is 422 g/mol. The van der Waals surface area contributed by atoms with Gasteiger partial charge in [-0.2, -0.15) is 0 Å². The van der Waals surface area contributed by atoms with Crippen molar-refractivity contribution < 1.29 is 23.5 Å². The van der Waals surface area contributed by atoms with E-state index in [0.717, 1.165) is 16.7 Å². The molecule has 0 bridgehead atoms. The van der Waals surface area contributed by atoms with Gasteiger partial charge in [0.15, 0.2) is 11.5 Å². The van der Waals surface area contributed by atoms with Gasteiger partial charge in [0.05, 0.1) is 30.2 Å². The van der Waals surface area contributed by atoms with Gasteiger partial charge in [-0.15, -0.1) is 0 Å². The van der Waals surface area contributed by atoms with E-state index in [-0.39, 0.29) is 22.5 Å². The molecule has 0 N–H and O–H groups in total. The number of carbonyl (C=O) groups is 2. The summed E-state index contributed by atoms with van der Waals surface area (Å²) in [6, 6.07) is 8.99. The van der Waals surface area contributed by atoms with E-state index in [4.69, 9.17) is 21.1 Å². The van der Waals surface area contributed by atoms with Crippen LogP contribution in [0.5, 0.6) is 11.5 Å². The summed E-state index contributed by atoms with van der Waals surface area (Å²) in [6.07, 6.45) is 1.58. The number of rotatable bonds is 6. The number of amides is 2. The largest absolute Gasteiger partial charge is 0.493 e. The highest BCUT2D eigenvalue weighted by Gasteiger charge is 2.35. The van der Waals surface area contributed by atoms with Crippen LogP contribution in [0.4, 0.5) is 9.18 Å². The van der Waals surface area contributed by atoms with Gasteiger partial charge in [0.25, 0.3) is 11.1 Å². The standard InChI is InChI=1S/C20H17ClFNO4S/c1-3-27-18-15(21)8-13(9-16(18)26-2)10-17-19(24)23(20(25)28-17)11-12-4-6-14(22)7-5-12/h4-10H,3,11H2,1-2H3/b17-10-. The Hall–Kier alpha value is -2.51. The molecular weight excluding hydrogens is 405 g/mol. The molecule has 3 rings (SSSR count). The fourth-order valence-corrected chi connectivity index (χ4v) is 3.78. The number of ether oxygens (including phenoxy) is 2. The summed E-state index contributed by atoms with van der Waals surface area (Å²) < 4.78 is 23.8. The molecule has 2 aromatic rings. The minimum atomic E-state index is -0.414. The Bertz CT molecular complexity index is 946. The number of thioether (sulfide) groups is 1. The Morgan fingerprint density at radius 3 is 2.57 bits per heavy atom. The minimum Gasteiger partial charge on any atom is -0.493 e. The topological polar surface area (TPSA) is 55.8 Å². The van der Waals surface area contributed by atoms with Crippen molar-refractivity contribution in [2.75, 3.05) is 13.7 Å². The van der Waals surface area contributed by atoms with Gasteiger partial charge < -0.3 is 9.47 Å². The third kappa shape index (κ3) is 4.31. The van der Waals surface area contributed by atoms with Crippen LogP contribution in [0.15, 0.2) is 41.3 Å². The second kappa shape index (κ2) is 8.67. The summed E-state index contributed by atoms with van der Waals surface area (Å²) in [7, 11) is 1.49. The molecule has 1 aliphatic rings. The summed E-state index contributed by atoms with van der Waals surface area (Å²) in [4.78, 5) is 26.3. The zero-order valence-electron chi connectivity index (χ0n) is 15.2. The summed E-state index contributed by atoms with van der Waals surface area (Å²) in [6.45, 7) is 2.34. The normalized spacial score (nSPS) is 15.4. The van der Waals surface area contributed by atoms with E-state index in [1.165, 1.54) is 19.2 Å². The molecule has 0 radical (unpaired) electrons. The molecule has 0 atom stereocenters. The van der Waals surface area contributed by atoms with E-state index in [2.05, 4.69) is 0 Å². The molecule has 2 aromatic carbocycles. The Morgan fingerprint density at radius 2 is 1.93 bits per heavy atom. The number of benzene rings is 2. The SMILES string of the molecule is CCOc1c(Cl)cc(/C=C2\SC(=O)N(Cc3ccc(F)cc3)C2=O)cc1OC. The van der Waals surface area contributed by atoms with Crippen LogP contribution >= 0.6 is 23.4 Å². The second-order valence-corrected chi connectivity index (χ2v) is 7.26. The molecule has 1 aliphatic heterocycles. The molecule has 1 fully saturated rings. The quantitative estimate of drug-likeness (QED) is 0.606. The highest BCUT2D eigenvalue weighted by Crippen LogP contribution is 2.39. The molecule has 0 aliphatic carbocycles. The Morgan fingerprint density at radius 1 is 1.21 bits per heavy atom. The zero-order chi connectivity index (χ0) is 20.3. The molecule has 0 aromatic heterocycles. The van der Waals surface area contributed by atoms with Crippen LogP contribution in [0.1, 0.15) is 18.1 Å². The number of methoxy groups -OCH3 is 1. The van der Waals surface area contributed by atoms with Crippen LogP contribution in [0.25, 0.3) is 6.08 Å². The van der Waals surface area contributed by atoms with Crippen molar-refractivity contribution in [2.45, 2.75) is 13.5 Å². The third-order valence-electron chi connectivity index (χ3n) is 3.97. The fraction of sp³-hybridized carbons (Fsp3) is 0.200. The summed E-state index contributed by atoms with van der Waals surface area (Å²) in [5, 5.41) is -0.0393. The molecule has 146 valence electrons. The van der Waals surface area contributed by atoms with Crippen molar-refractivity contribution in [3.63, 3.8) is 0 Å². The minimum absolute atomic E-state index is 0.0790. The van der Waals surface area contributed by atoms with Gasteiger partial charge in [0.1, 0.15) is 5.82 Å². The van der Waals surface area contributed by atoms with Crippen LogP contribution in [0.2, 0.25) is 5.02 Å². The van der Waals surface area contributed by atoms with E-state index in [9.17, 15) is 14.0 Å². The predicted molar refractivity (Wildman–Crippen MR) is 107 cm³/mol. The first kappa shape index (κ1) is 20.2. The molecule has 1 heterocycles. The lowest BCUT2D eigenvalue weighted by molar-refractivity contribution is -0.123. The summed E-state index contributed by atoms with van der Waals surface area (Å²) >= 11 is 7.10. The van der Waals surface area contributed by atoms with Crippen LogP contribution in [0, 0.1) is 5.82 Å². The van der Waals surface area contributed by atoms with Crippen molar-refractivity contribution in [2.24, 2.45) is 0 Å². The highest BCUT2D eigenvalue weighted by molar-refractivity contribution is 8.18. The van der Waals surface area contributed by atoms with Crippen LogP contribution in [0.3, 0.4) is 0 Å². The lowest BCUT2D eigenvalue weighted by Gasteiger charge is -2.13. The lowest BCUT2D eigenvalue weighted by atomic mass is 10.1. The number of carbonyl (C=O) groups excluding carboxylic acids is 2. The Labute approximate surface area is 171 Å². The fourth-order valence-electron chi connectivity index (χ4n) is 2.67. The molecule has 1 saturated heterocycles. The number of nitrogens with zero attached hydrogens (tertiary/aromatic N) is 1. The van der Waals surface area contributed by atoms with Gasteiger partial charge in [-0.25, -0.2) is 4.39 Å². The first-order valence-electron chi connectivity index (χ1n) is 8.43. The smallest absolute Gasteiger partial charge is 0.293 e. The van der Waals surface area contributed by atoms with Crippen molar-refractivity contribution in [3.8, 4) is 11.5 Å². The summed E-state index contributed by atoms with van der Waals surface area (Å²) in [5.74, 6) is 0.0711. The average Bonchev–Trinajstić information content (AvgIpc) is 2.92. The molecule has 28 heavy (non-hydrogen) atoms. The maximum atomic E-state index is 13.0. The number of halogens is 2. The van der Waals surface area contributed by atoms with Crippen molar-refractivity contribution in [1.82, 2.24) is 4.90 Å². The van der Waals surface area contributed by atoms with Crippen molar-refractivity contribution in [3.05, 3.63) is 63.3 Å². The first-order valence-corrected chi connectivity index (χ1v) is 9.62. The van der Waals surface area contributed by atoms with Gasteiger partial charge in [-0.3, -0.25) is 14.5 Å². The molecule has 0 spiro atoms. The third-order valence-corrected chi connectivity index (χ3v) is 5.15. The molecular formula is C20H17ClFNO4S. The molecule has 2 amide bonds. The van der Waals surface area contributed by atoms with Crippen LogP contribution in [-0.2, 0) is 11.3 Å². The van der Waals surface area contributed by atoms with E-state index in [1.54, 1.807) is 30.3 Å². The number of hydrogen-bond donors (Lipinski definition) is 0. The van der Waals surface area contributed by atoms with Gasteiger partial charge >= 0.3 is 0 Å². The first-order chi connectivity index (χ1) is 13.4. The Balaban J connectivity index is 1.85. The van der Waals surface area contributed by atoms with E-state index < -0.39 is 5.91 Å². The number of imide groups is 1. The van der Waals surface area contributed by atoms with E-state index in [0.29, 0.717) is 34.3 Å². The van der Waals surface area contributed by atoms with Crippen LogP contribution < -0.4 is 9.47 Å². The van der Waals surface area contributed by atoms with Crippen molar-refractivity contribution >= 4 is 40.6 Å². The predicted octanol–water partition coefficient (Wildman–Crippen LogP) is 5.12. The van der Waals surface area contributed by atoms with Gasteiger partial charge in [0.2, 0.25) is 0 Å². The van der Waals surface area contributed by atoms with Crippen LogP contribution in [-0.4, -0.2) is 29.8 Å². The monoisotopic (exact) mass is 421 g/mol. The Kier molecular flexibility index (Phi) is 6.26. The van der Waals surface area contributed by atoms with Gasteiger partial charge in [-0.05, 0) is 60.2 Å². The molecule has 0 unspecified atom stereocenters. The van der Waals surface area contributed by atoms with Crippen molar-refractivity contribution in [1.29, 1.82) is 0 Å².